The van der Waals surface area contributed by atoms with E-state index in [-0.39, 0.29) is 30.1 Å². The first-order valence-corrected chi connectivity index (χ1v) is 10.7. The van der Waals surface area contributed by atoms with Gasteiger partial charge < -0.3 is 21.1 Å². The molecule has 0 fully saturated rings. The maximum Gasteiger partial charge on any atom is 0.248 e. The van der Waals surface area contributed by atoms with E-state index in [4.69, 9.17) is 15.5 Å². The van der Waals surface area contributed by atoms with Gasteiger partial charge in [0.15, 0.2) is 5.96 Å². The summed E-state index contributed by atoms with van der Waals surface area (Å²) in [6, 6.07) is 23.2. The van der Waals surface area contributed by atoms with Crippen molar-refractivity contribution >= 4 is 41.5 Å². The summed E-state index contributed by atoms with van der Waals surface area (Å²) in [6.45, 7) is 7.12. The standard InChI is InChI=1S/C26H30N4O2.HI/c1-18(2)32-24-13-11-23(12-14-24)30-26(29-17-22-9-5-4-7-19(22)3)28-16-20-8-6-10-21(15-20)25(27)31;/h4-15,18H,16-17H2,1-3H3,(H2,27,31)(H2,28,29,30);1H. The minimum atomic E-state index is -0.449. The first-order chi connectivity index (χ1) is 15.4. The van der Waals surface area contributed by atoms with Crippen molar-refractivity contribution in [2.24, 2.45) is 10.7 Å². The van der Waals surface area contributed by atoms with Gasteiger partial charge in [0.2, 0.25) is 5.91 Å². The number of aryl methyl sites for hydroxylation is 1. The predicted octanol–water partition coefficient (Wildman–Crippen LogP) is 5.26. The van der Waals surface area contributed by atoms with Crippen molar-refractivity contribution < 1.29 is 9.53 Å². The van der Waals surface area contributed by atoms with E-state index < -0.39 is 5.91 Å². The number of amides is 1. The van der Waals surface area contributed by atoms with Crippen molar-refractivity contribution in [3.63, 3.8) is 0 Å². The van der Waals surface area contributed by atoms with Crippen LogP contribution in [0.3, 0.4) is 0 Å². The van der Waals surface area contributed by atoms with Gasteiger partial charge >= 0.3 is 0 Å². The predicted molar refractivity (Wildman–Crippen MR) is 145 cm³/mol. The molecule has 0 spiro atoms. The van der Waals surface area contributed by atoms with E-state index in [1.807, 2.05) is 62.4 Å². The van der Waals surface area contributed by atoms with E-state index in [1.54, 1.807) is 12.1 Å². The Morgan fingerprint density at radius 3 is 2.42 bits per heavy atom. The fourth-order valence-electron chi connectivity index (χ4n) is 3.15. The molecule has 0 unspecified atom stereocenters. The van der Waals surface area contributed by atoms with Crippen LogP contribution >= 0.6 is 24.0 Å². The summed E-state index contributed by atoms with van der Waals surface area (Å²) < 4.78 is 5.72. The number of hydrogen-bond donors (Lipinski definition) is 3. The number of carbonyl (C=O) groups is 1. The van der Waals surface area contributed by atoms with E-state index in [9.17, 15) is 4.79 Å². The smallest absolute Gasteiger partial charge is 0.248 e. The maximum absolute atomic E-state index is 11.5. The van der Waals surface area contributed by atoms with Crippen molar-refractivity contribution in [3.05, 3.63) is 95.1 Å². The van der Waals surface area contributed by atoms with Gasteiger partial charge in [0, 0.05) is 17.8 Å². The molecule has 0 aliphatic heterocycles. The molecule has 0 aliphatic carbocycles. The fourth-order valence-corrected chi connectivity index (χ4v) is 3.15. The van der Waals surface area contributed by atoms with Gasteiger partial charge in [-0.3, -0.25) is 4.79 Å². The molecule has 7 heteroatoms. The molecule has 174 valence electrons. The molecule has 6 nitrogen and oxygen atoms in total. The lowest BCUT2D eigenvalue weighted by Crippen LogP contribution is -2.30. The van der Waals surface area contributed by atoms with Gasteiger partial charge in [-0.25, -0.2) is 4.99 Å². The fraction of sp³-hybridized carbons (Fsp3) is 0.231. The van der Waals surface area contributed by atoms with Crippen LogP contribution in [0.4, 0.5) is 5.69 Å². The number of halogens is 1. The van der Waals surface area contributed by atoms with Crippen molar-refractivity contribution in [2.45, 2.75) is 40.0 Å². The summed E-state index contributed by atoms with van der Waals surface area (Å²) in [5.74, 6) is 1.01. The first-order valence-electron chi connectivity index (χ1n) is 10.7. The Morgan fingerprint density at radius 2 is 1.76 bits per heavy atom. The Morgan fingerprint density at radius 1 is 1.03 bits per heavy atom. The monoisotopic (exact) mass is 558 g/mol. The highest BCUT2D eigenvalue weighted by atomic mass is 127. The van der Waals surface area contributed by atoms with Gasteiger partial charge in [-0.2, -0.15) is 0 Å². The van der Waals surface area contributed by atoms with Crippen molar-refractivity contribution in [1.82, 2.24) is 5.32 Å². The Bertz CT molecular complexity index is 1080. The number of nitrogens with two attached hydrogens (primary N) is 1. The third-order valence-corrected chi connectivity index (χ3v) is 4.83. The van der Waals surface area contributed by atoms with Crippen LogP contribution in [0.5, 0.6) is 5.75 Å². The van der Waals surface area contributed by atoms with Gasteiger partial charge in [0.05, 0.1) is 12.6 Å². The second kappa shape index (κ2) is 12.8. The molecule has 3 aromatic carbocycles. The molecule has 0 saturated carbocycles. The lowest BCUT2D eigenvalue weighted by molar-refractivity contribution is 0.1000. The second-order valence-electron chi connectivity index (χ2n) is 7.83. The number of nitrogens with one attached hydrogen (secondary N) is 2. The second-order valence-corrected chi connectivity index (χ2v) is 7.83. The number of rotatable bonds is 8. The largest absolute Gasteiger partial charge is 0.491 e. The number of aliphatic imine (C=N–C) groups is 1. The molecule has 0 aromatic heterocycles. The molecule has 4 N–H and O–H groups in total. The molecule has 0 aliphatic rings. The molecule has 0 heterocycles. The Kier molecular flexibility index (Phi) is 10.2. The van der Waals surface area contributed by atoms with Gasteiger partial charge in [-0.1, -0.05) is 36.4 Å². The highest BCUT2D eigenvalue weighted by Gasteiger charge is 2.05. The molecular weight excluding hydrogens is 527 g/mol. The molecular formula is C26H31IN4O2. The number of ether oxygens (including phenoxy) is 1. The lowest BCUT2D eigenvalue weighted by atomic mass is 10.1. The zero-order valence-corrected chi connectivity index (χ0v) is 21.5. The number of primary amides is 1. The quantitative estimate of drug-likeness (QED) is 0.200. The number of nitrogens with zero attached hydrogens (tertiary/aromatic N) is 1. The van der Waals surface area contributed by atoms with Gasteiger partial charge in [0.25, 0.3) is 0 Å². The summed E-state index contributed by atoms with van der Waals surface area (Å²) in [4.78, 5) is 16.2. The minimum absolute atomic E-state index is 0. The summed E-state index contributed by atoms with van der Waals surface area (Å²) in [7, 11) is 0. The van der Waals surface area contributed by atoms with Crippen LogP contribution in [0.2, 0.25) is 0 Å². The molecule has 1 amide bonds. The zero-order valence-electron chi connectivity index (χ0n) is 19.2. The number of carbonyl (C=O) groups excluding carboxylic acids is 1. The normalized spacial score (nSPS) is 11.0. The molecule has 33 heavy (non-hydrogen) atoms. The van der Waals surface area contributed by atoms with Gasteiger partial charge in [0.1, 0.15) is 5.75 Å². The Balaban J connectivity index is 0.00000385. The van der Waals surface area contributed by atoms with Crippen LogP contribution in [0.15, 0.2) is 77.8 Å². The number of guanidine groups is 1. The van der Waals surface area contributed by atoms with Crippen molar-refractivity contribution in [3.8, 4) is 5.75 Å². The van der Waals surface area contributed by atoms with E-state index in [1.165, 1.54) is 11.1 Å². The average molecular weight is 558 g/mol. The summed E-state index contributed by atoms with van der Waals surface area (Å²) in [5, 5.41) is 6.74. The van der Waals surface area contributed by atoms with Crippen LogP contribution in [0, 0.1) is 6.92 Å². The zero-order chi connectivity index (χ0) is 22.9. The van der Waals surface area contributed by atoms with Crippen LogP contribution < -0.4 is 21.1 Å². The van der Waals surface area contributed by atoms with E-state index in [0.29, 0.717) is 24.6 Å². The SMILES string of the molecule is Cc1ccccc1CNC(=NCc1cccc(C(N)=O)c1)Nc1ccc(OC(C)C)cc1.I. The molecule has 0 bridgehead atoms. The van der Waals surface area contributed by atoms with Crippen LogP contribution in [0.1, 0.15) is 40.9 Å². The summed E-state index contributed by atoms with van der Waals surface area (Å²) in [6.07, 6.45) is 0.123. The summed E-state index contributed by atoms with van der Waals surface area (Å²) in [5.41, 5.74) is 10.1. The molecule has 0 saturated heterocycles. The Hall–Kier alpha value is -3.07. The van der Waals surface area contributed by atoms with Crippen LogP contribution in [-0.4, -0.2) is 18.0 Å². The van der Waals surface area contributed by atoms with Crippen LogP contribution in [-0.2, 0) is 13.1 Å². The average Bonchev–Trinajstić information content (AvgIpc) is 2.77. The lowest BCUT2D eigenvalue weighted by Gasteiger charge is -2.15. The van der Waals surface area contributed by atoms with E-state index >= 15 is 0 Å². The number of anilines is 1. The van der Waals surface area contributed by atoms with Gasteiger partial charge in [-0.05, 0) is 73.9 Å². The van der Waals surface area contributed by atoms with Gasteiger partial charge in [-0.15, -0.1) is 24.0 Å². The van der Waals surface area contributed by atoms with Crippen LogP contribution in [0.25, 0.3) is 0 Å². The number of benzene rings is 3. The van der Waals surface area contributed by atoms with E-state index in [2.05, 4.69) is 29.7 Å². The van der Waals surface area contributed by atoms with Crippen molar-refractivity contribution in [1.29, 1.82) is 0 Å². The maximum atomic E-state index is 11.5. The molecule has 0 radical (unpaired) electrons. The highest BCUT2D eigenvalue weighted by molar-refractivity contribution is 14.0. The first kappa shape index (κ1) is 26.2. The topological polar surface area (TPSA) is 88.7 Å². The molecule has 0 atom stereocenters. The molecule has 3 rings (SSSR count). The minimum Gasteiger partial charge on any atom is -0.491 e. The van der Waals surface area contributed by atoms with E-state index in [0.717, 1.165) is 17.0 Å². The third-order valence-electron chi connectivity index (χ3n) is 4.83. The summed E-state index contributed by atoms with van der Waals surface area (Å²) >= 11 is 0. The third kappa shape index (κ3) is 8.42. The van der Waals surface area contributed by atoms with Crippen molar-refractivity contribution in [2.75, 3.05) is 5.32 Å². The molecule has 3 aromatic rings. The highest BCUT2D eigenvalue weighted by Crippen LogP contribution is 2.17. The number of hydrogen-bond acceptors (Lipinski definition) is 3. The Labute approximate surface area is 212 Å².